The number of thioether (sulfide) groups is 1. The number of phenolic OH excluding ortho intramolecular Hbond substituents is 1. The molecule has 0 aromatic heterocycles. The number of carbonyl (C=O) groups excluding carboxylic acids is 3. The number of nitrogens with one attached hydrogen (secondary N) is 2. The van der Waals surface area contributed by atoms with Crippen molar-refractivity contribution in [2.45, 2.75) is 104 Å². The standard InChI is InChI=1S/C28H47N3O5S/c1-8-10-13-18-31(26(34)22(17-19-37-7)30-27(35)36-28(4,5)6)24(21-15-11-12-16-23(21)32)25(33)29-20(3)14-9-2/h11-12,15-16,20,22,24,32H,8-10,13-14,17-19H2,1-7H3,(H,29,33)(H,30,35). The summed E-state index contributed by atoms with van der Waals surface area (Å²) in [6.07, 6.45) is 5.83. The van der Waals surface area contributed by atoms with Crippen molar-refractivity contribution in [3.05, 3.63) is 29.8 Å². The molecule has 0 spiro atoms. The lowest BCUT2D eigenvalue weighted by Gasteiger charge is -2.35. The Hall–Kier alpha value is -2.42. The maximum Gasteiger partial charge on any atom is 0.408 e. The van der Waals surface area contributed by atoms with E-state index in [1.807, 2.05) is 20.1 Å². The summed E-state index contributed by atoms with van der Waals surface area (Å²) in [5.74, 6) is -0.147. The van der Waals surface area contributed by atoms with Gasteiger partial charge in [-0.3, -0.25) is 9.59 Å². The second kappa shape index (κ2) is 16.4. The highest BCUT2D eigenvalue weighted by Crippen LogP contribution is 2.30. The third-order valence-electron chi connectivity index (χ3n) is 5.79. The zero-order chi connectivity index (χ0) is 28.0. The lowest BCUT2D eigenvalue weighted by atomic mass is 10.00. The van der Waals surface area contributed by atoms with Crippen LogP contribution in [0.5, 0.6) is 5.75 Å². The largest absolute Gasteiger partial charge is 0.508 e. The lowest BCUT2D eigenvalue weighted by Crippen LogP contribution is -2.54. The first-order valence-corrected chi connectivity index (χ1v) is 14.7. The van der Waals surface area contributed by atoms with Gasteiger partial charge in [-0.2, -0.15) is 11.8 Å². The van der Waals surface area contributed by atoms with Gasteiger partial charge < -0.3 is 25.4 Å². The van der Waals surface area contributed by atoms with Crippen molar-refractivity contribution in [2.24, 2.45) is 0 Å². The van der Waals surface area contributed by atoms with E-state index in [0.29, 0.717) is 30.7 Å². The normalized spacial score (nSPS) is 13.8. The fraction of sp³-hybridized carbons (Fsp3) is 0.679. The Kier molecular flexibility index (Phi) is 14.5. The number of nitrogens with zero attached hydrogens (tertiary/aromatic N) is 1. The Morgan fingerprint density at radius 1 is 1.05 bits per heavy atom. The maximum absolute atomic E-state index is 14.1. The molecule has 3 amide bonds. The van der Waals surface area contributed by atoms with Crippen LogP contribution in [-0.4, -0.2) is 64.2 Å². The van der Waals surface area contributed by atoms with E-state index >= 15 is 0 Å². The van der Waals surface area contributed by atoms with E-state index in [9.17, 15) is 19.5 Å². The number of rotatable bonds is 15. The average Bonchev–Trinajstić information content (AvgIpc) is 2.80. The summed E-state index contributed by atoms with van der Waals surface area (Å²) in [4.78, 5) is 41.9. The number of aromatic hydroxyl groups is 1. The topological polar surface area (TPSA) is 108 Å². The first-order chi connectivity index (χ1) is 17.4. The van der Waals surface area contributed by atoms with E-state index < -0.39 is 23.8 Å². The van der Waals surface area contributed by atoms with Crippen LogP contribution in [0.2, 0.25) is 0 Å². The van der Waals surface area contributed by atoms with Gasteiger partial charge >= 0.3 is 6.09 Å². The number of benzene rings is 1. The van der Waals surface area contributed by atoms with Crippen LogP contribution in [0.3, 0.4) is 0 Å². The summed E-state index contributed by atoms with van der Waals surface area (Å²) < 4.78 is 5.42. The van der Waals surface area contributed by atoms with Crippen LogP contribution in [0.1, 0.15) is 91.7 Å². The summed E-state index contributed by atoms with van der Waals surface area (Å²) in [6.45, 7) is 11.6. The first-order valence-electron chi connectivity index (χ1n) is 13.3. The molecule has 1 aromatic rings. The molecule has 0 aliphatic rings. The van der Waals surface area contributed by atoms with E-state index in [0.717, 1.165) is 25.7 Å². The van der Waals surface area contributed by atoms with Crippen molar-refractivity contribution in [1.29, 1.82) is 0 Å². The molecular weight excluding hydrogens is 490 g/mol. The molecule has 3 N–H and O–H groups in total. The van der Waals surface area contributed by atoms with E-state index in [1.54, 1.807) is 50.7 Å². The molecule has 8 nitrogen and oxygen atoms in total. The molecular formula is C28H47N3O5S. The highest BCUT2D eigenvalue weighted by atomic mass is 32.2. The van der Waals surface area contributed by atoms with Gasteiger partial charge in [0, 0.05) is 18.2 Å². The van der Waals surface area contributed by atoms with Gasteiger partial charge in [0.25, 0.3) is 0 Å². The summed E-state index contributed by atoms with van der Waals surface area (Å²) in [5.41, 5.74) is -0.361. The molecule has 0 fully saturated rings. The van der Waals surface area contributed by atoms with E-state index in [4.69, 9.17) is 4.74 Å². The maximum atomic E-state index is 14.1. The fourth-order valence-corrected chi connectivity index (χ4v) is 4.51. The minimum absolute atomic E-state index is 0.0557. The van der Waals surface area contributed by atoms with Gasteiger partial charge in [0.15, 0.2) is 0 Å². The molecule has 3 unspecified atom stereocenters. The Bertz CT molecular complexity index is 858. The number of ether oxygens (including phenoxy) is 1. The van der Waals surface area contributed by atoms with E-state index in [1.165, 1.54) is 11.0 Å². The molecule has 0 aliphatic heterocycles. The summed E-state index contributed by atoms with van der Waals surface area (Å²) in [6, 6.07) is 4.60. The van der Waals surface area contributed by atoms with Gasteiger partial charge in [0.2, 0.25) is 11.8 Å². The predicted molar refractivity (Wildman–Crippen MR) is 151 cm³/mol. The van der Waals surface area contributed by atoms with Gasteiger partial charge in [-0.1, -0.05) is 51.3 Å². The van der Waals surface area contributed by atoms with Crippen molar-refractivity contribution < 1.29 is 24.2 Å². The summed E-state index contributed by atoms with van der Waals surface area (Å²) in [7, 11) is 0. The number of phenols is 1. The zero-order valence-electron chi connectivity index (χ0n) is 23.6. The summed E-state index contributed by atoms with van der Waals surface area (Å²) >= 11 is 1.57. The molecule has 9 heteroatoms. The highest BCUT2D eigenvalue weighted by molar-refractivity contribution is 7.98. The third kappa shape index (κ3) is 11.7. The first kappa shape index (κ1) is 32.6. The smallest absolute Gasteiger partial charge is 0.408 e. The molecule has 0 heterocycles. The zero-order valence-corrected chi connectivity index (χ0v) is 24.5. The van der Waals surface area contributed by atoms with Gasteiger partial charge in [-0.25, -0.2) is 4.79 Å². The van der Waals surface area contributed by atoms with E-state index in [2.05, 4.69) is 17.6 Å². The number of amides is 3. The number of carbonyl (C=O) groups is 3. The second-order valence-electron chi connectivity index (χ2n) is 10.4. The van der Waals surface area contributed by atoms with E-state index in [-0.39, 0.29) is 23.6 Å². The van der Waals surface area contributed by atoms with Crippen molar-refractivity contribution >= 4 is 29.7 Å². The van der Waals surface area contributed by atoms with Crippen LogP contribution in [0.15, 0.2) is 24.3 Å². The predicted octanol–water partition coefficient (Wildman–Crippen LogP) is 5.40. The quantitative estimate of drug-likeness (QED) is 0.259. The van der Waals surface area contributed by atoms with Crippen LogP contribution in [0.25, 0.3) is 0 Å². The Morgan fingerprint density at radius 2 is 1.73 bits per heavy atom. The van der Waals surface area contributed by atoms with Crippen LogP contribution in [-0.2, 0) is 14.3 Å². The number of unbranched alkanes of at least 4 members (excludes halogenated alkanes) is 2. The molecule has 0 radical (unpaired) electrons. The molecule has 0 saturated carbocycles. The van der Waals surface area contributed by atoms with Crippen LogP contribution in [0.4, 0.5) is 4.79 Å². The van der Waals surface area contributed by atoms with Crippen molar-refractivity contribution in [3.8, 4) is 5.75 Å². The minimum atomic E-state index is -1.04. The lowest BCUT2D eigenvalue weighted by molar-refractivity contribution is -0.143. The van der Waals surface area contributed by atoms with Crippen LogP contribution < -0.4 is 10.6 Å². The third-order valence-corrected chi connectivity index (χ3v) is 6.43. The number of hydrogen-bond donors (Lipinski definition) is 3. The fourth-order valence-electron chi connectivity index (χ4n) is 4.04. The SMILES string of the molecule is CCCCCN(C(=O)C(CCSC)NC(=O)OC(C)(C)C)C(C(=O)NC(C)CCC)c1ccccc1O. The Morgan fingerprint density at radius 3 is 2.30 bits per heavy atom. The number of alkyl carbamates (subject to hydrolysis) is 1. The molecule has 37 heavy (non-hydrogen) atoms. The second-order valence-corrected chi connectivity index (χ2v) is 11.4. The Balaban J connectivity index is 3.48. The van der Waals surface area contributed by atoms with Crippen molar-refractivity contribution in [2.75, 3.05) is 18.6 Å². The molecule has 0 bridgehead atoms. The molecule has 1 aromatic carbocycles. The average molecular weight is 538 g/mol. The van der Waals surface area contributed by atoms with Gasteiger partial charge in [-0.05, 0) is 65.0 Å². The van der Waals surface area contributed by atoms with Crippen LogP contribution in [0, 0.1) is 0 Å². The minimum Gasteiger partial charge on any atom is -0.508 e. The Labute approximate surface area is 227 Å². The number of hydrogen-bond acceptors (Lipinski definition) is 6. The summed E-state index contributed by atoms with van der Waals surface area (Å²) in [5, 5.41) is 16.5. The molecule has 210 valence electrons. The molecule has 0 aliphatic carbocycles. The van der Waals surface area contributed by atoms with Crippen molar-refractivity contribution in [1.82, 2.24) is 15.5 Å². The highest BCUT2D eigenvalue weighted by Gasteiger charge is 2.37. The molecule has 0 saturated heterocycles. The number of para-hydroxylation sites is 1. The van der Waals surface area contributed by atoms with Crippen molar-refractivity contribution in [3.63, 3.8) is 0 Å². The molecule has 3 atom stereocenters. The van der Waals surface area contributed by atoms with Gasteiger partial charge in [0.1, 0.15) is 23.4 Å². The molecule has 1 rings (SSSR count). The van der Waals surface area contributed by atoms with Gasteiger partial charge in [-0.15, -0.1) is 0 Å². The van der Waals surface area contributed by atoms with Crippen LogP contribution >= 0.6 is 11.8 Å². The van der Waals surface area contributed by atoms with Gasteiger partial charge in [0.05, 0.1) is 0 Å². The monoisotopic (exact) mass is 537 g/mol.